The molecule has 3 aromatic rings. The molecule has 0 radical (unpaired) electrons. The number of benzene rings is 1. The number of nitrogens with zero attached hydrogens (tertiary/aromatic N) is 4. The number of anilines is 1. The second-order valence-electron chi connectivity index (χ2n) is 7.30. The number of fused-ring (bicyclic) bond motifs is 1. The summed E-state index contributed by atoms with van der Waals surface area (Å²) in [7, 11) is 0. The van der Waals surface area contributed by atoms with Gasteiger partial charge in [0.1, 0.15) is 0 Å². The summed E-state index contributed by atoms with van der Waals surface area (Å²) in [6.45, 7) is 5.82. The van der Waals surface area contributed by atoms with E-state index in [9.17, 15) is 9.59 Å². The van der Waals surface area contributed by atoms with Gasteiger partial charge in [0.2, 0.25) is 16.0 Å². The maximum atomic E-state index is 12.7. The van der Waals surface area contributed by atoms with E-state index in [4.69, 9.17) is 0 Å². The molecule has 1 aromatic carbocycles. The van der Waals surface area contributed by atoms with E-state index in [0.29, 0.717) is 23.7 Å². The number of amides is 1. The van der Waals surface area contributed by atoms with Crippen LogP contribution in [0.2, 0.25) is 0 Å². The molecule has 0 unspecified atom stereocenters. The molecule has 146 valence electrons. The first-order chi connectivity index (χ1) is 13.5. The van der Waals surface area contributed by atoms with Gasteiger partial charge in [-0.25, -0.2) is 4.98 Å². The molecule has 1 amide bonds. The van der Waals surface area contributed by atoms with Crippen LogP contribution in [0.1, 0.15) is 29.7 Å². The van der Waals surface area contributed by atoms with Crippen LogP contribution in [0.15, 0.2) is 35.1 Å². The van der Waals surface area contributed by atoms with E-state index in [1.807, 2.05) is 19.1 Å². The molecule has 1 aliphatic heterocycles. The van der Waals surface area contributed by atoms with Crippen LogP contribution in [0, 0.1) is 19.8 Å². The predicted octanol–water partition coefficient (Wildman–Crippen LogP) is 2.30. The third-order valence-electron chi connectivity index (χ3n) is 5.01. The molecule has 1 aliphatic rings. The molecular formula is C20H23N5O2S. The van der Waals surface area contributed by atoms with Crippen molar-refractivity contribution < 1.29 is 4.79 Å². The van der Waals surface area contributed by atoms with Crippen molar-refractivity contribution in [1.29, 1.82) is 0 Å². The molecule has 3 heterocycles. The number of aromatic nitrogens is 3. The molecule has 4 rings (SSSR count). The lowest BCUT2D eigenvalue weighted by Gasteiger charge is -2.31. The van der Waals surface area contributed by atoms with Crippen LogP contribution in [0.3, 0.4) is 0 Å². The lowest BCUT2D eigenvalue weighted by Crippen LogP contribution is -2.43. The van der Waals surface area contributed by atoms with Gasteiger partial charge in [0.15, 0.2) is 0 Å². The molecule has 0 spiro atoms. The average molecular weight is 398 g/mol. The summed E-state index contributed by atoms with van der Waals surface area (Å²) < 4.78 is 1.34. The standard InChI is InChI=1S/C20H23N5O2S/c1-13-5-7-15(8-6-13)11-21-18(27)16-4-3-9-24(12-16)20-23-25-17(26)10-14(2)22-19(25)28-20/h5-8,10,16H,3-4,9,11-12H2,1-2H3,(H,21,27)/t16-/m1/s1. The number of aryl methyl sites for hydroxylation is 2. The molecule has 2 aromatic heterocycles. The highest BCUT2D eigenvalue weighted by Crippen LogP contribution is 2.27. The van der Waals surface area contributed by atoms with Gasteiger partial charge in [-0.3, -0.25) is 9.59 Å². The van der Waals surface area contributed by atoms with E-state index in [1.165, 1.54) is 27.5 Å². The molecule has 7 nitrogen and oxygen atoms in total. The van der Waals surface area contributed by atoms with Crippen LogP contribution >= 0.6 is 11.3 Å². The minimum Gasteiger partial charge on any atom is -0.352 e. The molecule has 1 N–H and O–H groups in total. The molecular weight excluding hydrogens is 374 g/mol. The molecule has 8 heteroatoms. The Balaban J connectivity index is 1.43. The van der Waals surface area contributed by atoms with Crippen molar-refractivity contribution in [2.75, 3.05) is 18.0 Å². The minimum atomic E-state index is -0.172. The zero-order valence-electron chi connectivity index (χ0n) is 16.0. The van der Waals surface area contributed by atoms with E-state index in [-0.39, 0.29) is 17.4 Å². The summed E-state index contributed by atoms with van der Waals surface area (Å²) in [5, 5.41) is 8.22. The van der Waals surface area contributed by atoms with Crippen LogP contribution in [-0.4, -0.2) is 33.6 Å². The normalized spacial score (nSPS) is 17.1. The summed E-state index contributed by atoms with van der Waals surface area (Å²) in [5.41, 5.74) is 2.82. The van der Waals surface area contributed by atoms with E-state index in [0.717, 1.165) is 30.1 Å². The first-order valence-electron chi connectivity index (χ1n) is 9.45. The number of rotatable bonds is 4. The Kier molecular flexibility index (Phi) is 5.13. The number of hydrogen-bond donors (Lipinski definition) is 1. The Labute approximate surface area is 167 Å². The van der Waals surface area contributed by atoms with Crippen molar-refractivity contribution in [3.05, 3.63) is 57.5 Å². The fourth-order valence-electron chi connectivity index (χ4n) is 3.44. The zero-order chi connectivity index (χ0) is 19.7. The van der Waals surface area contributed by atoms with Crippen molar-refractivity contribution >= 4 is 27.3 Å². The fourth-order valence-corrected chi connectivity index (χ4v) is 4.43. The maximum Gasteiger partial charge on any atom is 0.275 e. The Morgan fingerprint density at radius 2 is 2.07 bits per heavy atom. The minimum absolute atomic E-state index is 0.0672. The SMILES string of the molecule is Cc1ccc(CNC(=O)[C@@H]2CCCN(c3nn4c(=O)cc(C)nc4s3)C2)cc1. The van der Waals surface area contributed by atoms with Gasteiger partial charge in [-0.2, -0.15) is 4.52 Å². The van der Waals surface area contributed by atoms with Gasteiger partial charge in [0.05, 0.1) is 5.92 Å². The van der Waals surface area contributed by atoms with E-state index in [1.54, 1.807) is 6.92 Å². The largest absolute Gasteiger partial charge is 0.352 e. The first kappa shape index (κ1) is 18.6. The van der Waals surface area contributed by atoms with Crippen molar-refractivity contribution in [1.82, 2.24) is 19.9 Å². The van der Waals surface area contributed by atoms with Crippen molar-refractivity contribution in [2.24, 2.45) is 5.92 Å². The fraction of sp³-hybridized carbons (Fsp3) is 0.400. The lowest BCUT2D eigenvalue weighted by atomic mass is 9.97. The lowest BCUT2D eigenvalue weighted by molar-refractivity contribution is -0.125. The summed E-state index contributed by atoms with van der Waals surface area (Å²) in [5.74, 6) is -0.0184. The van der Waals surface area contributed by atoms with E-state index in [2.05, 4.69) is 32.4 Å². The molecule has 0 aliphatic carbocycles. The molecule has 1 fully saturated rings. The van der Waals surface area contributed by atoms with Crippen molar-refractivity contribution in [3.8, 4) is 0 Å². The molecule has 1 atom stereocenters. The topological polar surface area (TPSA) is 79.6 Å². The number of hydrogen-bond acceptors (Lipinski definition) is 6. The molecule has 1 saturated heterocycles. The number of carbonyl (C=O) groups is 1. The highest BCUT2D eigenvalue weighted by atomic mass is 32.1. The summed E-state index contributed by atoms with van der Waals surface area (Å²) >= 11 is 1.39. The van der Waals surface area contributed by atoms with Crippen LogP contribution in [0.5, 0.6) is 0 Å². The van der Waals surface area contributed by atoms with Gasteiger partial charge in [-0.05, 0) is 32.3 Å². The van der Waals surface area contributed by atoms with Crippen molar-refractivity contribution in [3.63, 3.8) is 0 Å². The Morgan fingerprint density at radius 1 is 1.29 bits per heavy atom. The first-order valence-corrected chi connectivity index (χ1v) is 10.3. The smallest absolute Gasteiger partial charge is 0.275 e. The highest BCUT2D eigenvalue weighted by Gasteiger charge is 2.27. The van der Waals surface area contributed by atoms with Crippen LogP contribution in [0.4, 0.5) is 5.13 Å². The molecule has 0 saturated carbocycles. The Morgan fingerprint density at radius 3 is 2.86 bits per heavy atom. The Hall–Kier alpha value is -2.74. The summed E-state index contributed by atoms with van der Waals surface area (Å²) in [4.78, 5) is 31.8. The monoisotopic (exact) mass is 397 g/mol. The predicted molar refractivity (Wildman–Crippen MR) is 110 cm³/mol. The van der Waals surface area contributed by atoms with Crippen LogP contribution in [-0.2, 0) is 11.3 Å². The highest BCUT2D eigenvalue weighted by molar-refractivity contribution is 7.20. The third-order valence-corrected chi connectivity index (χ3v) is 5.98. The van der Waals surface area contributed by atoms with Gasteiger partial charge >= 0.3 is 0 Å². The Bertz CT molecular complexity index is 1060. The third kappa shape index (κ3) is 3.91. The quantitative estimate of drug-likeness (QED) is 0.731. The maximum absolute atomic E-state index is 12.7. The molecule has 0 bridgehead atoms. The van der Waals surface area contributed by atoms with Crippen LogP contribution in [0.25, 0.3) is 4.96 Å². The van der Waals surface area contributed by atoms with Crippen molar-refractivity contribution in [2.45, 2.75) is 33.2 Å². The number of carbonyl (C=O) groups excluding carboxylic acids is 1. The van der Waals surface area contributed by atoms with Gasteiger partial charge < -0.3 is 10.2 Å². The van der Waals surface area contributed by atoms with E-state index >= 15 is 0 Å². The van der Waals surface area contributed by atoms with Gasteiger partial charge in [0.25, 0.3) is 5.56 Å². The van der Waals surface area contributed by atoms with E-state index < -0.39 is 0 Å². The number of piperidine rings is 1. The average Bonchev–Trinajstić information content (AvgIpc) is 3.12. The van der Waals surface area contributed by atoms with Gasteiger partial charge in [-0.1, -0.05) is 41.2 Å². The van der Waals surface area contributed by atoms with Gasteiger partial charge in [0, 0.05) is 31.4 Å². The summed E-state index contributed by atoms with van der Waals surface area (Å²) in [6, 6.07) is 9.66. The second kappa shape index (κ2) is 7.71. The molecule has 28 heavy (non-hydrogen) atoms. The van der Waals surface area contributed by atoms with Crippen LogP contribution < -0.4 is 15.8 Å². The number of nitrogens with one attached hydrogen (secondary N) is 1. The summed E-state index contributed by atoms with van der Waals surface area (Å²) in [6.07, 6.45) is 1.78. The second-order valence-corrected chi connectivity index (χ2v) is 8.24. The zero-order valence-corrected chi connectivity index (χ0v) is 16.8. The van der Waals surface area contributed by atoms with Gasteiger partial charge in [-0.15, -0.1) is 5.10 Å².